The molecule has 1 amide bonds. The topological polar surface area (TPSA) is 82.6 Å². The van der Waals surface area contributed by atoms with Gasteiger partial charge in [0.2, 0.25) is 0 Å². The maximum absolute atomic E-state index is 13.1. The first kappa shape index (κ1) is 23.7. The number of benzene rings is 2. The average Bonchev–Trinajstić information content (AvgIpc) is 3.48. The minimum Gasteiger partial charge on any atom is -0.449 e. The van der Waals surface area contributed by atoms with Gasteiger partial charge in [0.15, 0.2) is 0 Å². The molecule has 3 heterocycles. The van der Waals surface area contributed by atoms with Crippen molar-refractivity contribution in [2.75, 3.05) is 18.6 Å². The summed E-state index contributed by atoms with van der Waals surface area (Å²) in [7, 11) is -0.0146. The molecule has 8 nitrogen and oxygen atoms in total. The van der Waals surface area contributed by atoms with Crippen LogP contribution in [-0.2, 0) is 9.47 Å². The third-order valence-corrected chi connectivity index (χ3v) is 8.06. The number of nitrogens with zero attached hydrogens (tertiary/aromatic N) is 4. The van der Waals surface area contributed by atoms with Crippen molar-refractivity contribution >= 4 is 34.4 Å². The molecule has 2 aromatic heterocycles. The van der Waals surface area contributed by atoms with E-state index in [0.717, 1.165) is 70.8 Å². The summed E-state index contributed by atoms with van der Waals surface area (Å²) < 4.78 is 26.3. The zero-order chi connectivity index (χ0) is 27.1. The highest BCUT2D eigenvalue weighted by molar-refractivity contribution is 6.30. The summed E-state index contributed by atoms with van der Waals surface area (Å²) in [6.07, 6.45) is 3.92. The largest absolute Gasteiger partial charge is 0.449 e. The van der Waals surface area contributed by atoms with Crippen molar-refractivity contribution in [1.82, 2.24) is 14.7 Å². The lowest BCUT2D eigenvalue weighted by atomic mass is 9.92. The number of fused-ring (bicyclic) bond motifs is 1. The standard InChI is InChI=1S/C29H31ClN4O4/c1-17-27(18(2)38-32-17)19-4-13-25-24(16-19)31-28(33(25)21-9-11-23(36-3)12-10-21)26-14-15-37-29(35)34(26)22-7-5-20(30)6-8-22/h4-8,13,16,21,23,26H,9-12,14-15H2,1-3H3/t21-,23-,26-/m0/s1/i3D. The van der Waals surface area contributed by atoms with Gasteiger partial charge in [-0.25, -0.2) is 9.78 Å². The Hall–Kier alpha value is -3.36. The van der Waals surface area contributed by atoms with Gasteiger partial charge in [0.1, 0.15) is 17.6 Å². The Morgan fingerprint density at radius 2 is 1.87 bits per heavy atom. The molecule has 0 radical (unpaired) electrons. The van der Waals surface area contributed by atoms with Crippen LogP contribution in [0.2, 0.25) is 5.02 Å². The predicted molar refractivity (Wildman–Crippen MR) is 146 cm³/mol. The molecule has 0 bridgehead atoms. The van der Waals surface area contributed by atoms with Crippen LogP contribution >= 0.6 is 11.6 Å². The zero-order valence-corrected chi connectivity index (χ0v) is 22.3. The lowest BCUT2D eigenvalue weighted by molar-refractivity contribution is 0.0582. The van der Waals surface area contributed by atoms with E-state index in [1.165, 1.54) is 0 Å². The van der Waals surface area contributed by atoms with Gasteiger partial charge in [-0.2, -0.15) is 0 Å². The van der Waals surface area contributed by atoms with Crippen molar-refractivity contribution in [3.05, 3.63) is 64.8 Å². The fourth-order valence-electron chi connectivity index (χ4n) is 5.97. The van der Waals surface area contributed by atoms with Crippen LogP contribution in [0.25, 0.3) is 22.2 Å². The maximum atomic E-state index is 13.1. The molecule has 2 fully saturated rings. The van der Waals surface area contributed by atoms with E-state index < -0.39 is 6.09 Å². The Morgan fingerprint density at radius 3 is 2.58 bits per heavy atom. The van der Waals surface area contributed by atoms with Gasteiger partial charge in [0, 0.05) is 35.8 Å². The molecular weight excluding hydrogens is 504 g/mol. The van der Waals surface area contributed by atoms with E-state index in [4.69, 9.17) is 32.0 Å². The molecule has 6 rings (SSSR count). The quantitative estimate of drug-likeness (QED) is 0.269. The Bertz CT molecular complexity index is 1470. The van der Waals surface area contributed by atoms with Crippen molar-refractivity contribution in [1.29, 1.82) is 0 Å². The average molecular weight is 536 g/mol. The van der Waals surface area contributed by atoms with Crippen LogP contribution in [0.4, 0.5) is 10.5 Å². The van der Waals surface area contributed by atoms with Crippen molar-refractivity contribution in [3.8, 4) is 11.1 Å². The number of imidazole rings is 1. The molecule has 0 N–H and O–H groups in total. The summed E-state index contributed by atoms with van der Waals surface area (Å²) in [5.74, 6) is 1.61. The molecule has 1 saturated carbocycles. The van der Waals surface area contributed by atoms with Crippen LogP contribution in [0.3, 0.4) is 0 Å². The van der Waals surface area contributed by atoms with Crippen LogP contribution in [0.1, 0.15) is 62.8 Å². The third-order valence-electron chi connectivity index (χ3n) is 7.81. The molecule has 2 aliphatic rings. The first-order valence-electron chi connectivity index (χ1n) is 13.7. The maximum Gasteiger partial charge on any atom is 0.414 e. The summed E-state index contributed by atoms with van der Waals surface area (Å²) >= 11 is 6.15. The number of aromatic nitrogens is 3. The van der Waals surface area contributed by atoms with Gasteiger partial charge in [0.25, 0.3) is 0 Å². The molecule has 1 aliphatic heterocycles. The molecule has 198 valence electrons. The van der Waals surface area contributed by atoms with Crippen LogP contribution in [0, 0.1) is 13.8 Å². The second-order valence-corrected chi connectivity index (χ2v) is 10.5. The number of anilines is 1. The van der Waals surface area contributed by atoms with E-state index >= 15 is 0 Å². The second-order valence-electron chi connectivity index (χ2n) is 10.1. The molecule has 1 atom stereocenters. The highest BCUT2D eigenvalue weighted by Crippen LogP contribution is 2.41. The molecule has 0 unspecified atom stereocenters. The van der Waals surface area contributed by atoms with Crippen molar-refractivity contribution in [2.24, 2.45) is 0 Å². The number of methoxy groups -OCH3 is 1. The molecule has 2 aromatic carbocycles. The lowest BCUT2D eigenvalue weighted by Gasteiger charge is -2.37. The molecular formula is C29H31ClN4O4. The second kappa shape index (κ2) is 10.1. The molecule has 38 heavy (non-hydrogen) atoms. The SMILES string of the molecule is [2H]CO[C@H]1CC[C@H](n2c([C@@H]3CCOC(=O)N3c3ccc(Cl)cc3)nc3cc(-c4c(C)noc4C)ccc32)CC1. The fourth-order valence-corrected chi connectivity index (χ4v) is 6.10. The number of amides is 1. The third kappa shape index (κ3) is 4.35. The summed E-state index contributed by atoms with van der Waals surface area (Å²) in [5.41, 5.74) is 5.42. The summed E-state index contributed by atoms with van der Waals surface area (Å²) in [6, 6.07) is 13.4. The normalized spacial score (nSPS) is 22.5. The summed E-state index contributed by atoms with van der Waals surface area (Å²) in [5, 5.41) is 4.73. The number of hydrogen-bond donors (Lipinski definition) is 0. The van der Waals surface area contributed by atoms with Crippen LogP contribution in [0.15, 0.2) is 47.0 Å². The zero-order valence-electron chi connectivity index (χ0n) is 22.5. The minimum absolute atomic E-state index is 0.0146. The first-order chi connectivity index (χ1) is 18.9. The Balaban J connectivity index is 1.47. The van der Waals surface area contributed by atoms with Crippen LogP contribution in [-0.4, -0.2) is 40.6 Å². The first-order valence-corrected chi connectivity index (χ1v) is 13.4. The Kier molecular flexibility index (Phi) is 6.29. The number of rotatable bonds is 5. The minimum atomic E-state index is -0.392. The van der Waals surface area contributed by atoms with E-state index in [1.807, 2.05) is 26.0 Å². The van der Waals surface area contributed by atoms with Crippen molar-refractivity contribution < 1.29 is 20.2 Å². The summed E-state index contributed by atoms with van der Waals surface area (Å²) in [4.78, 5) is 20.0. The highest BCUT2D eigenvalue weighted by atomic mass is 35.5. The Morgan fingerprint density at radius 1 is 1.08 bits per heavy atom. The number of aryl methyl sites for hydroxylation is 2. The number of hydrogen-bond acceptors (Lipinski definition) is 6. The van der Waals surface area contributed by atoms with Crippen molar-refractivity contribution in [2.45, 2.75) is 64.1 Å². The fraction of sp³-hybridized carbons (Fsp3) is 0.414. The number of halogens is 1. The van der Waals surface area contributed by atoms with Gasteiger partial charge in [-0.05, 0) is 81.5 Å². The molecule has 4 aromatic rings. The van der Waals surface area contributed by atoms with Gasteiger partial charge >= 0.3 is 6.09 Å². The Labute approximate surface area is 227 Å². The molecule has 9 heteroatoms. The van der Waals surface area contributed by atoms with E-state index in [1.54, 1.807) is 17.0 Å². The van der Waals surface area contributed by atoms with E-state index in [9.17, 15) is 4.79 Å². The number of ether oxygens (including phenoxy) is 2. The highest BCUT2D eigenvalue weighted by Gasteiger charge is 2.37. The number of carbonyl (C=O) groups is 1. The number of carbonyl (C=O) groups excluding carboxylic acids is 1. The lowest BCUT2D eigenvalue weighted by Crippen LogP contribution is -2.42. The van der Waals surface area contributed by atoms with E-state index in [-0.39, 0.29) is 25.3 Å². The molecule has 1 saturated heterocycles. The van der Waals surface area contributed by atoms with Crippen LogP contribution < -0.4 is 4.90 Å². The molecule has 1 aliphatic carbocycles. The van der Waals surface area contributed by atoms with Gasteiger partial charge < -0.3 is 18.6 Å². The van der Waals surface area contributed by atoms with E-state index in [0.29, 0.717) is 18.1 Å². The molecule has 0 spiro atoms. The van der Waals surface area contributed by atoms with Gasteiger partial charge in [-0.1, -0.05) is 22.8 Å². The monoisotopic (exact) mass is 535 g/mol. The van der Waals surface area contributed by atoms with Gasteiger partial charge in [0.05, 0.1) is 30.8 Å². The van der Waals surface area contributed by atoms with E-state index in [2.05, 4.69) is 27.9 Å². The van der Waals surface area contributed by atoms with Crippen molar-refractivity contribution in [3.63, 3.8) is 0 Å². The predicted octanol–water partition coefficient (Wildman–Crippen LogP) is 7.18. The van der Waals surface area contributed by atoms with Crippen LogP contribution in [0.5, 0.6) is 0 Å². The smallest absolute Gasteiger partial charge is 0.414 e. The summed E-state index contributed by atoms with van der Waals surface area (Å²) in [6.45, 7) is 4.18. The van der Waals surface area contributed by atoms with Gasteiger partial charge in [-0.3, -0.25) is 4.90 Å². The number of cyclic esters (lactones) is 1. The van der Waals surface area contributed by atoms with Gasteiger partial charge in [-0.15, -0.1) is 0 Å².